The van der Waals surface area contributed by atoms with Crippen molar-refractivity contribution in [2.45, 2.75) is 19.9 Å². The molecule has 1 aromatic rings. The minimum Gasteiger partial charge on any atom is -0.399 e. The summed E-state index contributed by atoms with van der Waals surface area (Å²) in [5, 5.41) is 2.90. The summed E-state index contributed by atoms with van der Waals surface area (Å²) in [6.07, 6.45) is 0. The zero-order chi connectivity index (χ0) is 14.5. The SMILES string of the molecule is CCN1CCN(CC(=O)Nc2cccc(N)c2)CC1C. The lowest BCUT2D eigenvalue weighted by atomic mass is 10.2. The average molecular weight is 276 g/mol. The predicted octanol–water partition coefficient (Wildman–Crippen LogP) is 1.23. The van der Waals surface area contributed by atoms with Crippen molar-refractivity contribution in [1.82, 2.24) is 9.80 Å². The highest BCUT2D eigenvalue weighted by Crippen LogP contribution is 2.12. The van der Waals surface area contributed by atoms with Crippen molar-refractivity contribution >= 4 is 17.3 Å². The van der Waals surface area contributed by atoms with E-state index in [9.17, 15) is 4.79 Å². The summed E-state index contributed by atoms with van der Waals surface area (Å²) in [5.74, 6) is 0.0211. The molecule has 1 saturated heterocycles. The molecule has 5 nitrogen and oxygen atoms in total. The molecule has 0 spiro atoms. The van der Waals surface area contributed by atoms with Gasteiger partial charge in [-0.15, -0.1) is 0 Å². The van der Waals surface area contributed by atoms with Gasteiger partial charge in [0.15, 0.2) is 0 Å². The van der Waals surface area contributed by atoms with E-state index in [0.29, 0.717) is 18.3 Å². The first kappa shape index (κ1) is 14.8. The Balaban J connectivity index is 1.83. The smallest absolute Gasteiger partial charge is 0.238 e. The monoisotopic (exact) mass is 276 g/mol. The van der Waals surface area contributed by atoms with Gasteiger partial charge in [-0.05, 0) is 31.7 Å². The van der Waals surface area contributed by atoms with Crippen LogP contribution in [-0.4, -0.2) is 54.5 Å². The van der Waals surface area contributed by atoms with Crippen LogP contribution in [-0.2, 0) is 4.79 Å². The summed E-state index contributed by atoms with van der Waals surface area (Å²) in [4.78, 5) is 16.7. The Labute approximate surface area is 120 Å². The highest BCUT2D eigenvalue weighted by Gasteiger charge is 2.23. The number of nitrogens with two attached hydrogens (primary N) is 1. The second-order valence-electron chi connectivity index (χ2n) is 5.39. The fraction of sp³-hybridized carbons (Fsp3) is 0.533. The van der Waals surface area contributed by atoms with Gasteiger partial charge in [0.1, 0.15) is 0 Å². The molecule has 1 heterocycles. The van der Waals surface area contributed by atoms with E-state index in [1.807, 2.05) is 12.1 Å². The molecular formula is C15H24N4O. The molecule has 1 fully saturated rings. The molecule has 1 aliphatic rings. The third-order valence-corrected chi connectivity index (χ3v) is 3.79. The third-order valence-electron chi connectivity index (χ3n) is 3.79. The summed E-state index contributed by atoms with van der Waals surface area (Å²) in [6.45, 7) is 8.83. The zero-order valence-corrected chi connectivity index (χ0v) is 12.3. The summed E-state index contributed by atoms with van der Waals surface area (Å²) < 4.78 is 0. The Kier molecular flexibility index (Phi) is 4.98. The molecule has 1 amide bonds. The maximum absolute atomic E-state index is 12.0. The molecule has 5 heteroatoms. The molecule has 3 N–H and O–H groups in total. The third kappa shape index (κ3) is 3.95. The van der Waals surface area contributed by atoms with E-state index >= 15 is 0 Å². The number of hydrogen-bond donors (Lipinski definition) is 2. The van der Waals surface area contributed by atoms with Crippen LogP contribution in [0.5, 0.6) is 0 Å². The van der Waals surface area contributed by atoms with E-state index in [1.165, 1.54) is 0 Å². The number of rotatable bonds is 4. The van der Waals surface area contributed by atoms with Crippen LogP contribution >= 0.6 is 0 Å². The number of nitrogens with zero attached hydrogens (tertiary/aromatic N) is 2. The van der Waals surface area contributed by atoms with E-state index in [4.69, 9.17) is 5.73 Å². The molecule has 1 unspecified atom stereocenters. The minimum absolute atomic E-state index is 0.0211. The van der Waals surface area contributed by atoms with Gasteiger partial charge in [0.25, 0.3) is 0 Å². The molecule has 110 valence electrons. The number of hydrogen-bond acceptors (Lipinski definition) is 4. The predicted molar refractivity (Wildman–Crippen MR) is 82.6 cm³/mol. The first-order valence-electron chi connectivity index (χ1n) is 7.20. The number of carbonyl (C=O) groups is 1. The van der Waals surface area contributed by atoms with Crippen molar-refractivity contribution in [2.24, 2.45) is 0 Å². The number of amides is 1. The molecule has 0 saturated carbocycles. The number of carbonyl (C=O) groups excluding carboxylic acids is 1. The first-order valence-corrected chi connectivity index (χ1v) is 7.20. The molecule has 0 radical (unpaired) electrons. The van der Waals surface area contributed by atoms with Crippen molar-refractivity contribution < 1.29 is 4.79 Å². The van der Waals surface area contributed by atoms with Gasteiger partial charge in [0, 0.05) is 37.1 Å². The number of nitrogens with one attached hydrogen (secondary N) is 1. The summed E-state index contributed by atoms with van der Waals surface area (Å²) in [6, 6.07) is 7.78. The highest BCUT2D eigenvalue weighted by atomic mass is 16.2. The lowest BCUT2D eigenvalue weighted by Gasteiger charge is -2.38. The van der Waals surface area contributed by atoms with Gasteiger partial charge in [-0.1, -0.05) is 13.0 Å². The Bertz CT molecular complexity index is 463. The standard InChI is InChI=1S/C15H24N4O/c1-3-19-8-7-18(10-12(19)2)11-15(20)17-14-6-4-5-13(16)9-14/h4-6,9,12H,3,7-8,10-11,16H2,1-2H3,(H,17,20). The number of anilines is 2. The highest BCUT2D eigenvalue weighted by molar-refractivity contribution is 5.92. The van der Waals surface area contributed by atoms with Crippen molar-refractivity contribution in [3.05, 3.63) is 24.3 Å². The Morgan fingerprint density at radius 3 is 2.90 bits per heavy atom. The molecule has 0 aliphatic carbocycles. The van der Waals surface area contributed by atoms with E-state index in [0.717, 1.165) is 31.9 Å². The van der Waals surface area contributed by atoms with Crippen LogP contribution in [0.2, 0.25) is 0 Å². The van der Waals surface area contributed by atoms with Crippen LogP contribution in [0.25, 0.3) is 0 Å². The molecule has 2 rings (SSSR count). The minimum atomic E-state index is 0.0211. The second-order valence-corrected chi connectivity index (χ2v) is 5.39. The fourth-order valence-electron chi connectivity index (χ4n) is 2.70. The molecule has 1 aliphatic heterocycles. The summed E-state index contributed by atoms with van der Waals surface area (Å²) in [5.41, 5.74) is 7.12. The Morgan fingerprint density at radius 2 is 2.25 bits per heavy atom. The summed E-state index contributed by atoms with van der Waals surface area (Å²) >= 11 is 0. The molecule has 20 heavy (non-hydrogen) atoms. The quantitative estimate of drug-likeness (QED) is 0.812. The van der Waals surface area contributed by atoms with Gasteiger partial charge in [0.2, 0.25) is 5.91 Å². The molecule has 1 aromatic carbocycles. The van der Waals surface area contributed by atoms with Crippen LogP contribution in [0.3, 0.4) is 0 Å². The lowest BCUT2D eigenvalue weighted by Crippen LogP contribution is -2.53. The Morgan fingerprint density at radius 1 is 1.45 bits per heavy atom. The van der Waals surface area contributed by atoms with Crippen LogP contribution in [0.15, 0.2) is 24.3 Å². The first-order chi connectivity index (χ1) is 9.58. The van der Waals surface area contributed by atoms with E-state index in [-0.39, 0.29) is 5.91 Å². The van der Waals surface area contributed by atoms with Gasteiger partial charge < -0.3 is 11.1 Å². The van der Waals surface area contributed by atoms with Crippen LogP contribution in [0, 0.1) is 0 Å². The molecule has 0 bridgehead atoms. The van der Waals surface area contributed by atoms with Gasteiger partial charge >= 0.3 is 0 Å². The molecular weight excluding hydrogens is 252 g/mol. The van der Waals surface area contributed by atoms with E-state index in [2.05, 4.69) is 29.0 Å². The fourth-order valence-corrected chi connectivity index (χ4v) is 2.70. The van der Waals surface area contributed by atoms with Crippen molar-refractivity contribution in [3.8, 4) is 0 Å². The number of piperazine rings is 1. The number of likely N-dealkylation sites (N-methyl/N-ethyl adjacent to an activating group) is 1. The van der Waals surface area contributed by atoms with Crippen LogP contribution < -0.4 is 11.1 Å². The maximum Gasteiger partial charge on any atom is 0.238 e. The topological polar surface area (TPSA) is 61.6 Å². The summed E-state index contributed by atoms with van der Waals surface area (Å²) in [7, 11) is 0. The van der Waals surface area contributed by atoms with Crippen LogP contribution in [0.4, 0.5) is 11.4 Å². The molecule has 0 aromatic heterocycles. The van der Waals surface area contributed by atoms with Gasteiger partial charge in [-0.3, -0.25) is 14.6 Å². The molecule has 1 atom stereocenters. The van der Waals surface area contributed by atoms with Crippen molar-refractivity contribution in [1.29, 1.82) is 0 Å². The maximum atomic E-state index is 12.0. The van der Waals surface area contributed by atoms with Gasteiger partial charge in [0.05, 0.1) is 6.54 Å². The zero-order valence-electron chi connectivity index (χ0n) is 12.3. The van der Waals surface area contributed by atoms with Crippen LogP contribution in [0.1, 0.15) is 13.8 Å². The lowest BCUT2D eigenvalue weighted by molar-refractivity contribution is -0.118. The second kappa shape index (κ2) is 6.72. The average Bonchev–Trinajstić information content (AvgIpc) is 2.38. The Hall–Kier alpha value is -1.59. The number of benzene rings is 1. The van der Waals surface area contributed by atoms with Gasteiger partial charge in [-0.25, -0.2) is 0 Å². The largest absolute Gasteiger partial charge is 0.399 e. The van der Waals surface area contributed by atoms with Crippen molar-refractivity contribution in [2.75, 3.05) is 43.8 Å². The van der Waals surface area contributed by atoms with Crippen molar-refractivity contribution in [3.63, 3.8) is 0 Å². The van der Waals surface area contributed by atoms with Gasteiger partial charge in [-0.2, -0.15) is 0 Å². The van der Waals surface area contributed by atoms with E-state index in [1.54, 1.807) is 12.1 Å². The number of nitrogen functional groups attached to an aromatic ring is 1. The normalized spacial score (nSPS) is 20.8. The van der Waals surface area contributed by atoms with E-state index < -0.39 is 0 Å².